The third kappa shape index (κ3) is 2.01. The van der Waals surface area contributed by atoms with Crippen molar-refractivity contribution < 1.29 is 4.79 Å². The molecule has 0 heterocycles. The zero-order chi connectivity index (χ0) is 11.7. The number of rotatable bonds is 3. The van der Waals surface area contributed by atoms with Gasteiger partial charge in [-0.3, -0.25) is 4.79 Å². The average molecular weight is 222 g/mol. The van der Waals surface area contributed by atoms with Gasteiger partial charge in [-0.15, -0.1) is 0 Å². The molecule has 1 unspecified atom stereocenters. The lowest BCUT2D eigenvalue weighted by molar-refractivity contribution is 0.0965. The smallest absolute Gasteiger partial charge is 0.166 e. The van der Waals surface area contributed by atoms with Crippen LogP contribution in [0.25, 0.3) is 0 Å². The highest BCUT2D eigenvalue weighted by Crippen LogP contribution is 2.48. The molecule has 3 rings (SSSR count). The van der Waals surface area contributed by atoms with Crippen LogP contribution in [0.15, 0.2) is 60.7 Å². The topological polar surface area (TPSA) is 17.1 Å². The fraction of sp³-hybridized carbons (Fsp3) is 0.188. The van der Waals surface area contributed by atoms with Gasteiger partial charge in [-0.05, 0) is 17.9 Å². The van der Waals surface area contributed by atoms with Crippen LogP contribution in [0.2, 0.25) is 0 Å². The van der Waals surface area contributed by atoms with Gasteiger partial charge in [0.2, 0.25) is 0 Å². The van der Waals surface area contributed by atoms with Crippen LogP contribution in [0.4, 0.5) is 0 Å². The lowest BCUT2D eigenvalue weighted by Crippen LogP contribution is -2.02. The Morgan fingerprint density at radius 2 is 1.47 bits per heavy atom. The van der Waals surface area contributed by atoms with E-state index in [0.29, 0.717) is 11.7 Å². The Morgan fingerprint density at radius 1 is 0.882 bits per heavy atom. The molecule has 1 saturated carbocycles. The Morgan fingerprint density at radius 3 is 2.12 bits per heavy atom. The molecule has 2 aromatic carbocycles. The van der Waals surface area contributed by atoms with E-state index in [4.69, 9.17) is 0 Å². The largest absolute Gasteiger partial charge is 0.294 e. The number of hydrogen-bond donors (Lipinski definition) is 0. The zero-order valence-corrected chi connectivity index (χ0v) is 9.54. The predicted molar refractivity (Wildman–Crippen MR) is 68.1 cm³/mol. The van der Waals surface area contributed by atoms with E-state index in [1.807, 2.05) is 48.5 Å². The molecule has 1 heteroatoms. The van der Waals surface area contributed by atoms with Crippen molar-refractivity contribution in [2.75, 3.05) is 0 Å². The highest BCUT2D eigenvalue weighted by molar-refractivity contribution is 6.00. The number of carbonyl (C=O) groups is 1. The van der Waals surface area contributed by atoms with Crippen LogP contribution in [0, 0.1) is 5.92 Å². The lowest BCUT2D eigenvalue weighted by atomic mass is 10.0. The normalized spacial score (nSPS) is 22.1. The molecular formula is C16H14O. The first-order chi connectivity index (χ1) is 8.36. The molecule has 17 heavy (non-hydrogen) atoms. The lowest BCUT2D eigenvalue weighted by Gasteiger charge is -2.00. The van der Waals surface area contributed by atoms with Crippen molar-refractivity contribution in [1.29, 1.82) is 0 Å². The molecule has 0 bridgehead atoms. The maximum absolute atomic E-state index is 12.2. The van der Waals surface area contributed by atoms with Crippen molar-refractivity contribution in [3.63, 3.8) is 0 Å². The van der Waals surface area contributed by atoms with Crippen molar-refractivity contribution in [1.82, 2.24) is 0 Å². The fourth-order valence-electron chi connectivity index (χ4n) is 2.37. The van der Waals surface area contributed by atoms with Gasteiger partial charge in [0.1, 0.15) is 0 Å². The standard InChI is InChI=1S/C16H14O/c17-16(13-9-5-2-6-10-13)15-11-14(15)12-7-3-1-4-8-12/h1-10,14-15H,11H2/t14-,15?/m1/s1. The van der Waals surface area contributed by atoms with E-state index in [1.54, 1.807) is 0 Å². The molecule has 0 aromatic heterocycles. The van der Waals surface area contributed by atoms with Crippen LogP contribution in [-0.2, 0) is 0 Å². The minimum Gasteiger partial charge on any atom is -0.294 e. The van der Waals surface area contributed by atoms with Crippen molar-refractivity contribution in [3.05, 3.63) is 71.8 Å². The van der Waals surface area contributed by atoms with E-state index in [0.717, 1.165) is 12.0 Å². The summed E-state index contributed by atoms with van der Waals surface area (Å²) >= 11 is 0. The second kappa shape index (κ2) is 4.17. The van der Waals surface area contributed by atoms with Crippen LogP contribution < -0.4 is 0 Å². The van der Waals surface area contributed by atoms with Crippen LogP contribution in [0.3, 0.4) is 0 Å². The SMILES string of the molecule is O=C(c1ccccc1)C1C[C@@H]1c1ccccc1. The van der Waals surface area contributed by atoms with E-state index in [1.165, 1.54) is 5.56 Å². The average Bonchev–Trinajstić information content (AvgIpc) is 3.20. The number of benzene rings is 2. The zero-order valence-electron chi connectivity index (χ0n) is 9.54. The third-order valence-electron chi connectivity index (χ3n) is 3.41. The first-order valence-corrected chi connectivity index (χ1v) is 6.00. The van der Waals surface area contributed by atoms with E-state index in [2.05, 4.69) is 12.1 Å². The van der Waals surface area contributed by atoms with Gasteiger partial charge in [-0.25, -0.2) is 0 Å². The maximum Gasteiger partial charge on any atom is 0.166 e. The Hall–Kier alpha value is -1.89. The van der Waals surface area contributed by atoms with Crippen LogP contribution >= 0.6 is 0 Å². The molecule has 0 saturated heterocycles. The highest BCUT2D eigenvalue weighted by atomic mass is 16.1. The fourth-order valence-corrected chi connectivity index (χ4v) is 2.37. The number of ketones is 1. The van der Waals surface area contributed by atoms with E-state index in [-0.39, 0.29) is 5.92 Å². The van der Waals surface area contributed by atoms with E-state index in [9.17, 15) is 4.79 Å². The summed E-state index contributed by atoms with van der Waals surface area (Å²) in [7, 11) is 0. The van der Waals surface area contributed by atoms with Gasteiger partial charge in [0.15, 0.2) is 5.78 Å². The van der Waals surface area contributed by atoms with E-state index < -0.39 is 0 Å². The summed E-state index contributed by atoms with van der Waals surface area (Å²) in [4.78, 5) is 12.2. The Labute approximate surface area is 101 Å². The summed E-state index contributed by atoms with van der Waals surface area (Å²) in [6, 6.07) is 19.9. The van der Waals surface area contributed by atoms with Gasteiger partial charge in [0.25, 0.3) is 0 Å². The first kappa shape index (κ1) is 10.3. The van der Waals surface area contributed by atoms with Crippen molar-refractivity contribution in [3.8, 4) is 0 Å². The molecular weight excluding hydrogens is 208 g/mol. The Bertz CT molecular complexity index is 516. The minimum atomic E-state index is 0.194. The van der Waals surface area contributed by atoms with Crippen LogP contribution in [0.5, 0.6) is 0 Å². The minimum absolute atomic E-state index is 0.194. The number of Topliss-reactive ketones (excluding diaryl/α,β-unsaturated/α-hetero) is 1. The molecule has 0 radical (unpaired) electrons. The molecule has 84 valence electrons. The van der Waals surface area contributed by atoms with Gasteiger partial charge in [0, 0.05) is 11.5 Å². The molecule has 0 N–H and O–H groups in total. The van der Waals surface area contributed by atoms with Crippen molar-refractivity contribution in [2.45, 2.75) is 12.3 Å². The first-order valence-electron chi connectivity index (χ1n) is 6.00. The number of carbonyl (C=O) groups excluding carboxylic acids is 1. The Kier molecular flexibility index (Phi) is 2.52. The highest BCUT2D eigenvalue weighted by Gasteiger charge is 2.43. The molecule has 1 aliphatic rings. The molecule has 1 aliphatic carbocycles. The molecule has 2 aromatic rings. The molecule has 0 amide bonds. The molecule has 0 spiro atoms. The quantitative estimate of drug-likeness (QED) is 0.724. The second-order valence-electron chi connectivity index (χ2n) is 4.59. The van der Waals surface area contributed by atoms with Gasteiger partial charge in [0.05, 0.1) is 0 Å². The molecule has 0 aliphatic heterocycles. The van der Waals surface area contributed by atoms with Crippen molar-refractivity contribution in [2.24, 2.45) is 5.92 Å². The predicted octanol–water partition coefficient (Wildman–Crippen LogP) is 3.67. The van der Waals surface area contributed by atoms with E-state index >= 15 is 0 Å². The summed E-state index contributed by atoms with van der Waals surface area (Å²) < 4.78 is 0. The van der Waals surface area contributed by atoms with Gasteiger partial charge >= 0.3 is 0 Å². The van der Waals surface area contributed by atoms with Gasteiger partial charge in [-0.1, -0.05) is 60.7 Å². The number of hydrogen-bond acceptors (Lipinski definition) is 1. The van der Waals surface area contributed by atoms with Gasteiger partial charge < -0.3 is 0 Å². The second-order valence-corrected chi connectivity index (χ2v) is 4.59. The third-order valence-corrected chi connectivity index (χ3v) is 3.41. The summed E-state index contributed by atoms with van der Waals surface area (Å²) in [5, 5.41) is 0. The summed E-state index contributed by atoms with van der Waals surface area (Å²) in [5.74, 6) is 0.920. The summed E-state index contributed by atoms with van der Waals surface area (Å²) in [6.45, 7) is 0. The summed E-state index contributed by atoms with van der Waals surface area (Å²) in [5.41, 5.74) is 2.14. The maximum atomic E-state index is 12.2. The molecule has 1 nitrogen and oxygen atoms in total. The molecule has 2 atom stereocenters. The van der Waals surface area contributed by atoms with Crippen LogP contribution in [0.1, 0.15) is 28.3 Å². The summed E-state index contributed by atoms with van der Waals surface area (Å²) in [6.07, 6.45) is 0.998. The van der Waals surface area contributed by atoms with Gasteiger partial charge in [-0.2, -0.15) is 0 Å². The van der Waals surface area contributed by atoms with Crippen LogP contribution in [-0.4, -0.2) is 5.78 Å². The van der Waals surface area contributed by atoms with Crippen molar-refractivity contribution >= 4 is 5.78 Å². The Balaban J connectivity index is 1.76. The monoisotopic (exact) mass is 222 g/mol. The molecule has 1 fully saturated rings.